The molecule has 1 aromatic rings. The molecule has 0 fully saturated rings. The third-order valence-electron chi connectivity index (χ3n) is 2.07. The lowest BCUT2D eigenvalue weighted by Crippen LogP contribution is -2.00. The first-order valence-electron chi connectivity index (χ1n) is 4.70. The van der Waals surface area contributed by atoms with Crippen LogP contribution in [0.5, 0.6) is 0 Å². The van der Waals surface area contributed by atoms with Crippen molar-refractivity contribution in [3.05, 3.63) is 41.9 Å². The topological polar surface area (TPSA) is 30.2 Å². The van der Waals surface area contributed by atoms with E-state index in [-0.39, 0.29) is 0 Å². The Morgan fingerprint density at radius 1 is 1.50 bits per heavy atom. The first-order chi connectivity index (χ1) is 6.84. The van der Waals surface area contributed by atoms with Crippen LogP contribution in [0, 0.1) is 6.92 Å². The molecule has 0 atom stereocenters. The van der Waals surface area contributed by atoms with Crippen molar-refractivity contribution in [2.45, 2.75) is 19.9 Å². The minimum absolute atomic E-state index is 0.829. The molecule has 0 unspecified atom stereocenters. The van der Waals surface area contributed by atoms with Gasteiger partial charge in [0.25, 0.3) is 0 Å². The van der Waals surface area contributed by atoms with E-state index in [2.05, 4.69) is 16.2 Å². The van der Waals surface area contributed by atoms with Crippen molar-refractivity contribution in [2.24, 2.45) is 4.99 Å². The van der Waals surface area contributed by atoms with Crippen LogP contribution < -0.4 is 0 Å². The standard InChI is InChI=1S/C11H13N3/c1-10-6-13-14(8-10)9-11-4-2-3-5-12-7-11/h2-3,5-8H,4,9H2,1H3. The monoisotopic (exact) mass is 187 g/mol. The highest BCUT2D eigenvalue weighted by molar-refractivity contribution is 5.72. The summed E-state index contributed by atoms with van der Waals surface area (Å²) in [6, 6.07) is 0. The summed E-state index contributed by atoms with van der Waals surface area (Å²) < 4.78 is 1.94. The summed E-state index contributed by atoms with van der Waals surface area (Å²) in [7, 11) is 0. The molecule has 3 heteroatoms. The van der Waals surface area contributed by atoms with Crippen molar-refractivity contribution >= 4 is 6.21 Å². The normalized spacial score (nSPS) is 15.4. The summed E-state index contributed by atoms with van der Waals surface area (Å²) in [6.07, 6.45) is 12.7. The predicted octanol–water partition coefficient (Wildman–Crippen LogP) is 2.11. The molecule has 0 aliphatic carbocycles. The zero-order valence-corrected chi connectivity index (χ0v) is 8.22. The van der Waals surface area contributed by atoms with Crippen molar-refractivity contribution in [1.82, 2.24) is 9.78 Å². The van der Waals surface area contributed by atoms with Crippen molar-refractivity contribution in [3.8, 4) is 0 Å². The van der Waals surface area contributed by atoms with Crippen molar-refractivity contribution in [3.63, 3.8) is 0 Å². The van der Waals surface area contributed by atoms with Crippen LogP contribution in [-0.2, 0) is 6.54 Å². The quantitative estimate of drug-likeness (QED) is 0.697. The van der Waals surface area contributed by atoms with Gasteiger partial charge in [0.05, 0.1) is 12.7 Å². The molecule has 0 saturated heterocycles. The smallest absolute Gasteiger partial charge is 0.0640 e. The molecule has 2 heterocycles. The Bertz CT molecular complexity index is 396. The molecule has 0 spiro atoms. The second-order valence-electron chi connectivity index (χ2n) is 3.43. The number of nitrogens with zero attached hydrogens (tertiary/aromatic N) is 3. The molecule has 2 rings (SSSR count). The molecule has 0 saturated carbocycles. The van der Waals surface area contributed by atoms with Crippen LogP contribution in [0.3, 0.4) is 0 Å². The van der Waals surface area contributed by atoms with Crippen molar-refractivity contribution in [1.29, 1.82) is 0 Å². The fourth-order valence-corrected chi connectivity index (χ4v) is 1.40. The van der Waals surface area contributed by atoms with Crippen molar-refractivity contribution in [2.75, 3.05) is 0 Å². The summed E-state index contributed by atoms with van der Waals surface area (Å²) in [5.74, 6) is 0. The third-order valence-corrected chi connectivity index (χ3v) is 2.07. The number of hydrogen-bond acceptors (Lipinski definition) is 2. The van der Waals surface area contributed by atoms with E-state index in [9.17, 15) is 0 Å². The van der Waals surface area contributed by atoms with Gasteiger partial charge >= 0.3 is 0 Å². The second kappa shape index (κ2) is 4.05. The first kappa shape index (κ1) is 8.94. The van der Waals surface area contributed by atoms with Gasteiger partial charge in [0, 0.05) is 18.6 Å². The molecule has 14 heavy (non-hydrogen) atoms. The van der Waals surface area contributed by atoms with Crippen LogP contribution in [0.1, 0.15) is 12.0 Å². The first-order valence-corrected chi connectivity index (χ1v) is 4.70. The highest BCUT2D eigenvalue weighted by Crippen LogP contribution is 2.08. The Labute approximate surface area is 83.5 Å². The molecule has 72 valence electrons. The average molecular weight is 187 g/mol. The van der Waals surface area contributed by atoms with Gasteiger partial charge in [0.1, 0.15) is 0 Å². The number of aryl methyl sites for hydroxylation is 1. The predicted molar refractivity (Wildman–Crippen MR) is 57.3 cm³/mol. The summed E-state index contributed by atoms with van der Waals surface area (Å²) in [5.41, 5.74) is 2.47. The lowest BCUT2D eigenvalue weighted by molar-refractivity contribution is 0.667. The van der Waals surface area contributed by atoms with Gasteiger partial charge in [-0.1, -0.05) is 6.08 Å². The van der Waals surface area contributed by atoms with Crippen LogP contribution in [0.2, 0.25) is 0 Å². The van der Waals surface area contributed by atoms with E-state index in [1.807, 2.05) is 36.3 Å². The molecular weight excluding hydrogens is 174 g/mol. The van der Waals surface area contributed by atoms with E-state index in [4.69, 9.17) is 0 Å². The van der Waals surface area contributed by atoms with Crippen LogP contribution in [0.4, 0.5) is 0 Å². The fraction of sp³-hybridized carbons (Fsp3) is 0.273. The zero-order valence-electron chi connectivity index (χ0n) is 8.22. The molecule has 0 aromatic carbocycles. The van der Waals surface area contributed by atoms with Gasteiger partial charge in [0.15, 0.2) is 0 Å². The molecule has 0 amide bonds. The Kier molecular flexibility index (Phi) is 2.58. The van der Waals surface area contributed by atoms with Crippen LogP contribution in [0.15, 0.2) is 41.3 Å². The summed E-state index contributed by atoms with van der Waals surface area (Å²) in [6.45, 7) is 2.87. The molecule has 0 radical (unpaired) electrons. The van der Waals surface area contributed by atoms with Crippen LogP contribution >= 0.6 is 0 Å². The highest BCUT2D eigenvalue weighted by atomic mass is 15.3. The van der Waals surface area contributed by atoms with Crippen LogP contribution in [0.25, 0.3) is 0 Å². The molecule has 1 aliphatic heterocycles. The van der Waals surface area contributed by atoms with Gasteiger partial charge in [-0.05, 0) is 30.6 Å². The molecule has 1 aliphatic rings. The van der Waals surface area contributed by atoms with E-state index in [0.717, 1.165) is 13.0 Å². The Morgan fingerprint density at radius 3 is 3.21 bits per heavy atom. The maximum atomic E-state index is 4.24. The third kappa shape index (κ3) is 2.19. The number of rotatable bonds is 2. The Hall–Kier alpha value is -1.64. The van der Waals surface area contributed by atoms with Gasteiger partial charge in [-0.3, -0.25) is 9.67 Å². The zero-order chi connectivity index (χ0) is 9.80. The molecule has 0 bridgehead atoms. The summed E-state index contributed by atoms with van der Waals surface area (Å²) >= 11 is 0. The Balaban J connectivity index is 2.07. The van der Waals surface area contributed by atoms with E-state index in [1.54, 1.807) is 6.21 Å². The molecule has 1 aromatic heterocycles. The molecular formula is C11H13N3. The summed E-state index contributed by atoms with van der Waals surface area (Å²) in [4.78, 5) is 4.14. The number of hydrogen-bond donors (Lipinski definition) is 0. The summed E-state index contributed by atoms with van der Waals surface area (Å²) in [5, 5.41) is 4.24. The largest absolute Gasteiger partial charge is 0.268 e. The lowest BCUT2D eigenvalue weighted by atomic mass is 10.2. The fourth-order valence-electron chi connectivity index (χ4n) is 1.40. The SMILES string of the molecule is Cc1cnn(CC2=CN=CC=CC2)c1. The average Bonchev–Trinajstić information content (AvgIpc) is 2.43. The lowest BCUT2D eigenvalue weighted by Gasteiger charge is -2.02. The maximum absolute atomic E-state index is 4.24. The Morgan fingerprint density at radius 2 is 2.43 bits per heavy atom. The highest BCUT2D eigenvalue weighted by Gasteiger charge is 1.99. The molecule has 0 N–H and O–H groups in total. The number of aliphatic imine (C=N–C) groups is 1. The van der Waals surface area contributed by atoms with Crippen molar-refractivity contribution < 1.29 is 0 Å². The number of allylic oxidation sites excluding steroid dienone is 3. The van der Waals surface area contributed by atoms with Gasteiger partial charge < -0.3 is 0 Å². The van der Waals surface area contributed by atoms with Gasteiger partial charge in [-0.25, -0.2) is 0 Å². The van der Waals surface area contributed by atoms with E-state index >= 15 is 0 Å². The minimum Gasteiger partial charge on any atom is -0.268 e. The second-order valence-corrected chi connectivity index (χ2v) is 3.43. The van der Waals surface area contributed by atoms with Gasteiger partial charge in [-0.2, -0.15) is 5.10 Å². The molecule has 3 nitrogen and oxygen atoms in total. The van der Waals surface area contributed by atoms with E-state index in [1.165, 1.54) is 11.1 Å². The van der Waals surface area contributed by atoms with Gasteiger partial charge in [-0.15, -0.1) is 0 Å². The number of aromatic nitrogens is 2. The van der Waals surface area contributed by atoms with Crippen LogP contribution in [-0.4, -0.2) is 16.0 Å². The minimum atomic E-state index is 0.829. The van der Waals surface area contributed by atoms with E-state index < -0.39 is 0 Å². The van der Waals surface area contributed by atoms with E-state index in [0.29, 0.717) is 0 Å². The maximum Gasteiger partial charge on any atom is 0.0640 e. The van der Waals surface area contributed by atoms with Gasteiger partial charge in [0.2, 0.25) is 0 Å².